The molecule has 2 aromatic rings. The van der Waals surface area contributed by atoms with Crippen LogP contribution in [0.2, 0.25) is 0 Å². The topological polar surface area (TPSA) is 144 Å². The number of phosphoric ester groups is 1. The first-order chi connectivity index (χ1) is 13.2. The van der Waals surface area contributed by atoms with Crippen LogP contribution in [0.1, 0.15) is 20.1 Å². The summed E-state index contributed by atoms with van der Waals surface area (Å²) < 4.78 is 62.6. The number of aliphatic hydroxyl groups excluding tert-OH is 1. The molecule has 2 fully saturated rings. The third-order valence-corrected chi connectivity index (χ3v) is 6.10. The first kappa shape index (κ1) is 19.6. The van der Waals surface area contributed by atoms with Gasteiger partial charge in [-0.1, -0.05) is 0 Å². The molecule has 1 unspecified atom stereocenters. The molecule has 0 radical (unpaired) electrons. The average molecular weight is 421 g/mol. The van der Waals surface area contributed by atoms with Gasteiger partial charge < -0.3 is 15.6 Å². The van der Waals surface area contributed by atoms with Crippen molar-refractivity contribution in [3.63, 3.8) is 0 Å². The zero-order chi connectivity index (χ0) is 20.3. The lowest BCUT2D eigenvalue weighted by atomic mass is 9.96. The number of fused-ring (bicyclic) bond motifs is 2. The Balaban J connectivity index is 1.74. The molecular formula is C14H18F2N5O6P. The van der Waals surface area contributed by atoms with E-state index in [4.69, 9.17) is 24.0 Å². The molecule has 0 aliphatic carbocycles. The van der Waals surface area contributed by atoms with Gasteiger partial charge in [0, 0.05) is 0 Å². The minimum Gasteiger partial charge on any atom is -0.386 e. The van der Waals surface area contributed by atoms with Gasteiger partial charge in [-0.05, 0) is 13.8 Å². The van der Waals surface area contributed by atoms with Crippen molar-refractivity contribution in [3.8, 4) is 0 Å². The molecule has 2 aliphatic heterocycles. The molecule has 2 aliphatic rings. The lowest BCUT2D eigenvalue weighted by Crippen LogP contribution is -2.56. The van der Waals surface area contributed by atoms with Crippen molar-refractivity contribution in [1.82, 2.24) is 19.5 Å². The van der Waals surface area contributed by atoms with Crippen LogP contribution in [-0.4, -0.2) is 61.6 Å². The van der Waals surface area contributed by atoms with Gasteiger partial charge in [0.1, 0.15) is 30.4 Å². The lowest BCUT2D eigenvalue weighted by molar-refractivity contribution is -0.208. The van der Waals surface area contributed by atoms with Crippen LogP contribution >= 0.6 is 7.82 Å². The number of ether oxygens (including phenoxy) is 1. The number of aromatic nitrogens is 4. The number of nitrogens with zero attached hydrogens (tertiary/aromatic N) is 4. The zero-order valence-corrected chi connectivity index (χ0v) is 15.7. The number of imidazole rings is 1. The van der Waals surface area contributed by atoms with E-state index in [-0.39, 0.29) is 17.0 Å². The number of nitrogen functional groups attached to an aromatic ring is 1. The molecule has 14 heteroatoms. The molecule has 2 saturated heterocycles. The third-order valence-electron chi connectivity index (χ3n) is 4.49. The molecule has 0 amide bonds. The highest BCUT2D eigenvalue weighted by atomic mass is 31.2. The van der Waals surface area contributed by atoms with Gasteiger partial charge in [0.05, 0.1) is 12.7 Å². The van der Waals surface area contributed by atoms with E-state index >= 15 is 0 Å². The normalized spacial score (nSPS) is 35.8. The van der Waals surface area contributed by atoms with Crippen molar-refractivity contribution in [2.24, 2.45) is 0 Å². The van der Waals surface area contributed by atoms with E-state index in [1.807, 2.05) is 0 Å². The summed E-state index contributed by atoms with van der Waals surface area (Å²) in [5.41, 5.74) is 3.85. The highest BCUT2D eigenvalue weighted by Crippen LogP contribution is 2.61. The van der Waals surface area contributed by atoms with Gasteiger partial charge in [-0.2, -0.15) is 0 Å². The minimum absolute atomic E-state index is 0.0188. The van der Waals surface area contributed by atoms with Crippen LogP contribution in [0.5, 0.6) is 0 Å². The Morgan fingerprint density at radius 3 is 2.86 bits per heavy atom. The zero-order valence-electron chi connectivity index (χ0n) is 14.8. The number of nitrogens with two attached hydrogens (primary N) is 1. The molecule has 0 aromatic carbocycles. The van der Waals surface area contributed by atoms with Crippen LogP contribution in [-0.2, 0) is 22.9 Å². The molecule has 0 saturated carbocycles. The number of alkyl halides is 2. The van der Waals surface area contributed by atoms with Crippen LogP contribution in [0.15, 0.2) is 12.7 Å². The fourth-order valence-corrected chi connectivity index (χ4v) is 4.91. The summed E-state index contributed by atoms with van der Waals surface area (Å²) in [6.45, 7) is 2.35. The van der Waals surface area contributed by atoms with Crippen molar-refractivity contribution >= 4 is 24.8 Å². The van der Waals surface area contributed by atoms with Crippen molar-refractivity contribution < 1.29 is 36.8 Å². The standard InChI is InChI=1S/C14H18F2N5O6P/c1-6(2)26-28(23)24-3-14(13(15)16)9(27-28)8(22)12(25-14)21-5-20-11-7(21)10(17)18-4-19-11/h4-6,8-9,12-13,22H,3H2,1-2H3,(H2,17,18,19)/t8-,9-,12-,14-,28?/m1/s1. The predicted molar refractivity (Wildman–Crippen MR) is 89.3 cm³/mol. The highest BCUT2D eigenvalue weighted by molar-refractivity contribution is 7.48. The first-order valence-corrected chi connectivity index (χ1v) is 9.81. The summed E-state index contributed by atoms with van der Waals surface area (Å²) in [7, 11) is -4.17. The summed E-state index contributed by atoms with van der Waals surface area (Å²) in [6.07, 6.45) is -5.98. The number of anilines is 1. The van der Waals surface area contributed by atoms with Crippen molar-refractivity contribution in [2.45, 2.75) is 50.4 Å². The minimum atomic E-state index is -4.17. The second-order valence-corrected chi connectivity index (χ2v) is 8.31. The van der Waals surface area contributed by atoms with Gasteiger partial charge in [0.15, 0.2) is 23.3 Å². The van der Waals surface area contributed by atoms with E-state index in [1.54, 1.807) is 13.8 Å². The monoisotopic (exact) mass is 421 g/mol. The highest BCUT2D eigenvalue weighted by Gasteiger charge is 2.67. The van der Waals surface area contributed by atoms with E-state index in [9.17, 15) is 18.5 Å². The molecule has 4 heterocycles. The van der Waals surface area contributed by atoms with Crippen molar-refractivity contribution in [3.05, 3.63) is 12.7 Å². The molecule has 2 aromatic heterocycles. The molecule has 154 valence electrons. The maximum Gasteiger partial charge on any atom is 0.475 e. The Hall–Kier alpha value is -1.76. The number of hydrogen-bond acceptors (Lipinski definition) is 10. The van der Waals surface area contributed by atoms with Gasteiger partial charge >= 0.3 is 7.82 Å². The number of aliphatic hydroxyl groups is 1. The Bertz CT molecular complexity index is 944. The van der Waals surface area contributed by atoms with Crippen LogP contribution < -0.4 is 5.73 Å². The summed E-state index contributed by atoms with van der Waals surface area (Å²) >= 11 is 0. The number of hydrogen-bond donors (Lipinski definition) is 2. The SMILES string of the molecule is CC(C)OP1(=O)OC[C@@]2(C(F)F)O[C@@H](n3cnc4ncnc(N)c43)[C@H](O)[C@H]2O1. The molecule has 11 nitrogen and oxygen atoms in total. The molecule has 0 spiro atoms. The second kappa shape index (κ2) is 6.65. The van der Waals surface area contributed by atoms with E-state index < -0.39 is 51.0 Å². The molecule has 0 bridgehead atoms. The summed E-state index contributed by atoms with van der Waals surface area (Å²) in [5.74, 6) is 0.0188. The fraction of sp³-hybridized carbons (Fsp3) is 0.643. The first-order valence-electron chi connectivity index (χ1n) is 8.35. The summed E-state index contributed by atoms with van der Waals surface area (Å²) in [5, 5.41) is 10.7. The predicted octanol–water partition coefficient (Wildman–Crippen LogP) is 1.25. The number of rotatable bonds is 4. The van der Waals surface area contributed by atoms with Gasteiger partial charge in [-0.25, -0.2) is 28.3 Å². The smallest absolute Gasteiger partial charge is 0.386 e. The molecule has 5 atom stereocenters. The Kier molecular flexibility index (Phi) is 4.64. The van der Waals surface area contributed by atoms with Crippen molar-refractivity contribution in [2.75, 3.05) is 12.3 Å². The maximum absolute atomic E-state index is 14.0. The number of halogens is 2. The van der Waals surface area contributed by atoms with Gasteiger partial charge in [-0.3, -0.25) is 18.1 Å². The average Bonchev–Trinajstić information content (AvgIpc) is 3.15. The van der Waals surface area contributed by atoms with Gasteiger partial charge in [0.25, 0.3) is 6.43 Å². The Labute approximate surface area is 157 Å². The molecule has 3 N–H and O–H groups in total. The lowest BCUT2D eigenvalue weighted by Gasteiger charge is -2.39. The quantitative estimate of drug-likeness (QED) is 0.692. The van der Waals surface area contributed by atoms with E-state index in [0.29, 0.717) is 0 Å². The fourth-order valence-electron chi connectivity index (χ4n) is 3.28. The summed E-state index contributed by atoms with van der Waals surface area (Å²) in [4.78, 5) is 11.8. The maximum atomic E-state index is 14.0. The molecule has 4 rings (SSSR count). The molecule has 28 heavy (non-hydrogen) atoms. The summed E-state index contributed by atoms with van der Waals surface area (Å²) in [6, 6.07) is 0. The van der Waals surface area contributed by atoms with E-state index in [2.05, 4.69) is 15.0 Å². The second-order valence-electron chi connectivity index (χ2n) is 6.74. The van der Waals surface area contributed by atoms with Gasteiger partial charge in [-0.15, -0.1) is 0 Å². The van der Waals surface area contributed by atoms with E-state index in [0.717, 1.165) is 0 Å². The van der Waals surface area contributed by atoms with Crippen LogP contribution in [0, 0.1) is 0 Å². The number of phosphoric acid groups is 1. The Morgan fingerprint density at radius 1 is 1.43 bits per heavy atom. The van der Waals surface area contributed by atoms with Gasteiger partial charge in [0.2, 0.25) is 0 Å². The molecular weight excluding hydrogens is 403 g/mol. The third kappa shape index (κ3) is 2.90. The van der Waals surface area contributed by atoms with Crippen LogP contribution in [0.4, 0.5) is 14.6 Å². The largest absolute Gasteiger partial charge is 0.475 e. The van der Waals surface area contributed by atoms with E-state index in [1.165, 1.54) is 17.2 Å². The van der Waals surface area contributed by atoms with Crippen molar-refractivity contribution in [1.29, 1.82) is 0 Å². The van der Waals surface area contributed by atoms with Crippen LogP contribution in [0.3, 0.4) is 0 Å². The Morgan fingerprint density at radius 2 is 2.18 bits per heavy atom. The van der Waals surface area contributed by atoms with Crippen LogP contribution in [0.25, 0.3) is 11.2 Å².